The molecule has 0 radical (unpaired) electrons. The van der Waals surface area contributed by atoms with E-state index >= 15 is 0 Å². The molecule has 1 aromatic carbocycles. The highest BCUT2D eigenvalue weighted by Gasteiger charge is 2.11. The highest BCUT2D eigenvalue weighted by molar-refractivity contribution is 5.94. The number of pyridine rings is 1. The molecule has 0 saturated carbocycles. The third-order valence-corrected chi connectivity index (χ3v) is 3.26. The summed E-state index contributed by atoms with van der Waals surface area (Å²) in [6.07, 6.45) is 5.27. The van der Waals surface area contributed by atoms with E-state index in [0.717, 1.165) is 0 Å². The van der Waals surface area contributed by atoms with Gasteiger partial charge in [0, 0.05) is 12.1 Å². The SMILES string of the molecule is O=C(NN=Cc1ccc(OC(=O)c2ccco2)cc1)c1cc[n+]([O-])cc1. The van der Waals surface area contributed by atoms with Crippen molar-refractivity contribution in [1.82, 2.24) is 5.43 Å². The van der Waals surface area contributed by atoms with Crippen molar-refractivity contribution in [2.45, 2.75) is 0 Å². The van der Waals surface area contributed by atoms with Crippen LogP contribution >= 0.6 is 0 Å². The Morgan fingerprint density at radius 2 is 1.85 bits per heavy atom. The molecule has 1 amide bonds. The summed E-state index contributed by atoms with van der Waals surface area (Å²) in [4.78, 5) is 23.6. The van der Waals surface area contributed by atoms with Gasteiger partial charge in [-0.15, -0.1) is 0 Å². The number of esters is 1. The lowest BCUT2D eigenvalue weighted by Gasteiger charge is -2.02. The van der Waals surface area contributed by atoms with Gasteiger partial charge in [-0.05, 0) is 42.0 Å². The molecule has 0 aliphatic heterocycles. The molecule has 1 N–H and O–H groups in total. The molecule has 0 unspecified atom stereocenters. The maximum absolute atomic E-state index is 11.8. The number of hydrogen-bond donors (Lipinski definition) is 1. The lowest BCUT2D eigenvalue weighted by atomic mass is 10.2. The third-order valence-electron chi connectivity index (χ3n) is 3.26. The van der Waals surface area contributed by atoms with E-state index in [0.29, 0.717) is 21.6 Å². The number of hydrogen-bond acceptors (Lipinski definition) is 6. The van der Waals surface area contributed by atoms with E-state index in [4.69, 9.17) is 9.15 Å². The molecule has 0 atom stereocenters. The zero-order valence-electron chi connectivity index (χ0n) is 13.4. The fraction of sp³-hybridized carbons (Fsp3) is 0. The summed E-state index contributed by atoms with van der Waals surface area (Å²) in [5.41, 5.74) is 3.36. The number of hydrazone groups is 1. The van der Waals surface area contributed by atoms with Gasteiger partial charge in [0.25, 0.3) is 5.91 Å². The van der Waals surface area contributed by atoms with Gasteiger partial charge in [-0.25, -0.2) is 10.2 Å². The topological polar surface area (TPSA) is 108 Å². The lowest BCUT2D eigenvalue weighted by Crippen LogP contribution is -2.26. The molecule has 0 fully saturated rings. The molecule has 8 nitrogen and oxygen atoms in total. The fourth-order valence-electron chi connectivity index (χ4n) is 1.97. The second-order valence-corrected chi connectivity index (χ2v) is 5.08. The van der Waals surface area contributed by atoms with Crippen LogP contribution in [0.5, 0.6) is 5.75 Å². The van der Waals surface area contributed by atoms with E-state index in [1.54, 1.807) is 30.3 Å². The van der Waals surface area contributed by atoms with Gasteiger partial charge in [-0.2, -0.15) is 9.83 Å². The van der Waals surface area contributed by atoms with Crippen LogP contribution in [0.1, 0.15) is 26.5 Å². The van der Waals surface area contributed by atoms with Crippen molar-refractivity contribution in [3.63, 3.8) is 0 Å². The monoisotopic (exact) mass is 351 g/mol. The first kappa shape index (κ1) is 16.9. The predicted molar refractivity (Wildman–Crippen MR) is 90.6 cm³/mol. The molecule has 8 heteroatoms. The Morgan fingerprint density at radius 3 is 2.50 bits per heavy atom. The minimum Gasteiger partial charge on any atom is -0.619 e. The zero-order valence-corrected chi connectivity index (χ0v) is 13.4. The van der Waals surface area contributed by atoms with Crippen molar-refractivity contribution in [2.75, 3.05) is 0 Å². The van der Waals surface area contributed by atoms with E-state index in [1.165, 1.54) is 43.1 Å². The number of furan rings is 1. The first-order valence-corrected chi connectivity index (χ1v) is 7.50. The van der Waals surface area contributed by atoms with Gasteiger partial charge in [0.05, 0.1) is 18.0 Å². The fourth-order valence-corrected chi connectivity index (χ4v) is 1.97. The van der Waals surface area contributed by atoms with E-state index in [9.17, 15) is 14.8 Å². The summed E-state index contributed by atoms with van der Waals surface area (Å²) in [5, 5.41) is 14.8. The molecule has 0 bridgehead atoms. The molecule has 26 heavy (non-hydrogen) atoms. The summed E-state index contributed by atoms with van der Waals surface area (Å²) in [6.45, 7) is 0. The van der Waals surface area contributed by atoms with Crippen LogP contribution in [-0.4, -0.2) is 18.1 Å². The minimum atomic E-state index is -0.592. The maximum atomic E-state index is 11.8. The highest BCUT2D eigenvalue weighted by Crippen LogP contribution is 2.13. The summed E-state index contributed by atoms with van der Waals surface area (Å²) in [6, 6.07) is 12.4. The van der Waals surface area contributed by atoms with Crippen LogP contribution in [-0.2, 0) is 0 Å². The van der Waals surface area contributed by atoms with Crippen molar-refractivity contribution in [3.05, 3.63) is 89.3 Å². The van der Waals surface area contributed by atoms with E-state index in [2.05, 4.69) is 10.5 Å². The molecule has 3 aromatic rings. The second kappa shape index (κ2) is 7.75. The number of aromatic nitrogens is 1. The van der Waals surface area contributed by atoms with Crippen molar-refractivity contribution >= 4 is 18.1 Å². The second-order valence-electron chi connectivity index (χ2n) is 5.08. The van der Waals surface area contributed by atoms with Crippen molar-refractivity contribution in [1.29, 1.82) is 0 Å². The quantitative estimate of drug-likeness (QED) is 0.189. The number of benzene rings is 1. The van der Waals surface area contributed by atoms with E-state index in [-0.39, 0.29) is 5.76 Å². The number of nitrogens with zero attached hydrogens (tertiary/aromatic N) is 2. The average Bonchev–Trinajstić information content (AvgIpc) is 3.18. The summed E-state index contributed by atoms with van der Waals surface area (Å²) in [7, 11) is 0. The predicted octanol–water partition coefficient (Wildman–Crippen LogP) is 1.90. The van der Waals surface area contributed by atoms with E-state index < -0.39 is 11.9 Å². The first-order valence-electron chi connectivity index (χ1n) is 7.50. The van der Waals surface area contributed by atoms with Crippen LogP contribution in [0, 0.1) is 5.21 Å². The van der Waals surface area contributed by atoms with Crippen LogP contribution in [0.25, 0.3) is 0 Å². The first-order chi connectivity index (χ1) is 12.6. The number of carbonyl (C=O) groups is 2. The number of carbonyl (C=O) groups excluding carboxylic acids is 2. The van der Waals surface area contributed by atoms with Gasteiger partial charge in [0.2, 0.25) is 5.76 Å². The Kier molecular flexibility index (Phi) is 5.04. The third kappa shape index (κ3) is 4.32. The molecule has 3 rings (SSSR count). The molecule has 0 aliphatic rings. The standard InChI is InChI=1S/C18H13N3O5/c22-17(14-7-9-21(24)10-8-14)20-19-12-13-3-5-15(6-4-13)26-18(23)16-2-1-11-25-16/h1-12H,(H,20,22). The Hall–Kier alpha value is -3.94. The van der Waals surface area contributed by atoms with E-state index in [1.807, 2.05) is 0 Å². The smallest absolute Gasteiger partial charge is 0.379 e. The average molecular weight is 351 g/mol. The van der Waals surface area contributed by atoms with Crippen LogP contribution in [0.4, 0.5) is 0 Å². The van der Waals surface area contributed by atoms with Gasteiger partial charge < -0.3 is 14.4 Å². The van der Waals surface area contributed by atoms with Gasteiger partial charge in [0.15, 0.2) is 12.4 Å². The van der Waals surface area contributed by atoms with Crippen molar-refractivity contribution in [3.8, 4) is 5.75 Å². The molecule has 2 heterocycles. The van der Waals surface area contributed by atoms with Crippen molar-refractivity contribution in [2.24, 2.45) is 5.10 Å². The summed E-state index contributed by atoms with van der Waals surface area (Å²) < 4.78 is 10.7. The molecular formula is C18H13N3O5. The summed E-state index contributed by atoms with van der Waals surface area (Å²) >= 11 is 0. The normalized spacial score (nSPS) is 10.6. The largest absolute Gasteiger partial charge is 0.619 e. The zero-order chi connectivity index (χ0) is 18.4. The van der Waals surface area contributed by atoms with Gasteiger partial charge in [-0.1, -0.05) is 0 Å². The molecular weight excluding hydrogens is 338 g/mol. The van der Waals surface area contributed by atoms with Gasteiger partial charge in [0.1, 0.15) is 5.75 Å². The van der Waals surface area contributed by atoms with Crippen molar-refractivity contribution < 1.29 is 23.5 Å². The number of ether oxygens (including phenoxy) is 1. The Labute approximate surface area is 147 Å². The van der Waals surface area contributed by atoms with Crippen LogP contribution in [0.15, 0.2) is 76.7 Å². The molecule has 0 saturated heterocycles. The number of rotatable bonds is 5. The Bertz CT molecular complexity index is 916. The number of amides is 1. The Morgan fingerprint density at radius 1 is 1.12 bits per heavy atom. The minimum absolute atomic E-state index is 0.113. The maximum Gasteiger partial charge on any atom is 0.379 e. The lowest BCUT2D eigenvalue weighted by molar-refractivity contribution is -0.605. The van der Waals surface area contributed by atoms with Crippen LogP contribution in [0.2, 0.25) is 0 Å². The molecule has 0 aliphatic carbocycles. The Balaban J connectivity index is 1.55. The molecule has 130 valence electrons. The van der Waals surface area contributed by atoms with Crippen LogP contribution < -0.4 is 14.9 Å². The number of nitrogens with one attached hydrogen (secondary N) is 1. The highest BCUT2D eigenvalue weighted by atomic mass is 16.5. The molecule has 0 spiro atoms. The van der Waals surface area contributed by atoms with Crippen LogP contribution in [0.3, 0.4) is 0 Å². The van der Waals surface area contributed by atoms with Gasteiger partial charge >= 0.3 is 5.97 Å². The van der Waals surface area contributed by atoms with Gasteiger partial charge in [-0.3, -0.25) is 4.79 Å². The summed E-state index contributed by atoms with van der Waals surface area (Å²) in [5.74, 6) is -0.568. The molecule has 2 aromatic heterocycles.